The van der Waals surface area contributed by atoms with E-state index in [4.69, 9.17) is 4.84 Å². The lowest BCUT2D eigenvalue weighted by Gasteiger charge is -2.03. The van der Waals surface area contributed by atoms with Crippen LogP contribution >= 0.6 is 0 Å². The molecule has 1 aromatic heterocycles. The molecule has 2 heterocycles. The second-order valence-corrected chi connectivity index (χ2v) is 2.34. The maximum atomic E-state index is 10.8. The van der Waals surface area contributed by atoms with Gasteiger partial charge in [-0.3, -0.25) is 4.79 Å². The predicted molar refractivity (Wildman–Crippen MR) is 41.1 cm³/mol. The van der Waals surface area contributed by atoms with Crippen LogP contribution in [0.1, 0.15) is 0 Å². The van der Waals surface area contributed by atoms with Crippen molar-refractivity contribution in [2.24, 2.45) is 0 Å². The predicted octanol–water partition coefficient (Wildman–Crippen LogP) is -1.91. The van der Waals surface area contributed by atoms with Crippen LogP contribution < -0.4 is 21.6 Å². The highest BCUT2D eigenvalue weighted by Gasteiger charge is 1.99. The van der Waals surface area contributed by atoms with Gasteiger partial charge in [0.2, 0.25) is 0 Å². The van der Waals surface area contributed by atoms with Crippen molar-refractivity contribution in [2.45, 2.75) is 0 Å². The van der Waals surface area contributed by atoms with Crippen molar-refractivity contribution in [1.82, 2.24) is 10.5 Å². The molecule has 0 amide bonds. The van der Waals surface area contributed by atoms with Crippen molar-refractivity contribution < 1.29 is 9.94 Å². The van der Waals surface area contributed by atoms with E-state index in [1.807, 2.05) is 0 Å². The van der Waals surface area contributed by atoms with Crippen molar-refractivity contribution in [3.63, 3.8) is 0 Å². The third kappa shape index (κ3) is 0.914. The lowest BCUT2D eigenvalue weighted by Crippen LogP contribution is -2.38. The summed E-state index contributed by atoms with van der Waals surface area (Å²) in [5, 5.41) is 10.2. The molecule has 0 radical (unpaired) electrons. The molecule has 12 heavy (non-hydrogen) atoms. The highest BCUT2D eigenvalue weighted by Crippen LogP contribution is 1.90. The van der Waals surface area contributed by atoms with Crippen LogP contribution in [0.5, 0.6) is 5.75 Å². The molecule has 62 valence electrons. The van der Waals surface area contributed by atoms with E-state index >= 15 is 0 Å². The van der Waals surface area contributed by atoms with Crippen LogP contribution in [-0.2, 0) is 4.84 Å². The fourth-order valence-corrected chi connectivity index (χ4v) is 1.000. The first-order chi connectivity index (χ1) is 5.77. The van der Waals surface area contributed by atoms with E-state index in [1.165, 1.54) is 12.5 Å². The van der Waals surface area contributed by atoms with E-state index in [1.54, 1.807) is 0 Å². The van der Waals surface area contributed by atoms with Gasteiger partial charge in [-0.15, -0.1) is 0 Å². The zero-order valence-corrected chi connectivity index (χ0v) is 6.00. The van der Waals surface area contributed by atoms with Gasteiger partial charge in [-0.1, -0.05) is 0 Å². The van der Waals surface area contributed by atoms with Gasteiger partial charge in [-0.05, 0) is 0 Å². The minimum atomic E-state index is -0.348. The van der Waals surface area contributed by atoms with Crippen LogP contribution in [-0.4, -0.2) is 10.1 Å². The molecule has 0 fully saturated rings. The number of pyridine rings is 1. The summed E-state index contributed by atoms with van der Waals surface area (Å²) in [5.74, 6) is -0.0912. The monoisotopic (exact) mass is 166 g/mol. The first-order valence-corrected chi connectivity index (χ1v) is 3.31. The Hall–Kier alpha value is -1.91. The maximum Gasteiger partial charge on any atom is 0.252 e. The largest absolute Gasteiger partial charge is 0.507 e. The fourth-order valence-electron chi connectivity index (χ4n) is 1.000. The summed E-state index contributed by atoms with van der Waals surface area (Å²) >= 11 is 0. The Bertz CT molecular complexity index is 474. The summed E-state index contributed by atoms with van der Waals surface area (Å²) in [6, 6.07) is 1.10. The van der Waals surface area contributed by atoms with Crippen LogP contribution in [0.3, 0.4) is 0 Å². The first kappa shape index (κ1) is 6.78. The molecule has 3 N–H and O–H groups in total. The van der Waals surface area contributed by atoms with Crippen molar-refractivity contribution in [1.29, 1.82) is 0 Å². The van der Waals surface area contributed by atoms with Gasteiger partial charge in [-0.25, -0.2) is 5.48 Å². The zero-order valence-electron chi connectivity index (χ0n) is 6.00. The van der Waals surface area contributed by atoms with Gasteiger partial charge >= 0.3 is 0 Å². The molecule has 0 saturated carbocycles. The Morgan fingerprint density at radius 2 is 2.33 bits per heavy atom. The van der Waals surface area contributed by atoms with Crippen molar-refractivity contribution in [2.75, 3.05) is 0 Å². The van der Waals surface area contributed by atoms with E-state index in [0.717, 1.165) is 6.07 Å². The second-order valence-electron chi connectivity index (χ2n) is 2.34. The lowest BCUT2D eigenvalue weighted by molar-refractivity contribution is 0.227. The van der Waals surface area contributed by atoms with Crippen LogP contribution in [0, 0.1) is 0 Å². The Balaban J connectivity index is 2.96. The third-order valence-corrected chi connectivity index (χ3v) is 1.54. The van der Waals surface area contributed by atoms with Gasteiger partial charge in [-0.2, -0.15) is 0 Å². The number of H-pyrrole nitrogens is 1. The van der Waals surface area contributed by atoms with E-state index in [-0.39, 0.29) is 11.3 Å². The molecular weight excluding hydrogens is 160 g/mol. The molecule has 5 nitrogen and oxygen atoms in total. The SMILES string of the molecule is O=c1cc(O)c2c([nH]1)=CNOC=2. The van der Waals surface area contributed by atoms with Crippen molar-refractivity contribution >= 4 is 12.5 Å². The highest BCUT2D eigenvalue weighted by atomic mass is 16.6. The van der Waals surface area contributed by atoms with Gasteiger partial charge in [0.1, 0.15) is 12.0 Å². The number of hydrogen-bond donors (Lipinski definition) is 3. The average Bonchev–Trinajstić information content (AvgIpc) is 2.04. The number of rotatable bonds is 0. The normalized spacial score (nSPS) is 13.0. The summed E-state index contributed by atoms with van der Waals surface area (Å²) in [5.41, 5.74) is 2.09. The minimum absolute atomic E-state index is 0.0912. The summed E-state index contributed by atoms with van der Waals surface area (Å²) in [6.45, 7) is 0. The molecular formula is C7H6N2O3. The maximum absolute atomic E-state index is 10.8. The summed E-state index contributed by atoms with van der Waals surface area (Å²) in [4.78, 5) is 18.1. The van der Waals surface area contributed by atoms with Crippen LogP contribution in [0.2, 0.25) is 0 Å². The summed E-state index contributed by atoms with van der Waals surface area (Å²) < 4.78 is 0. The molecule has 1 aliphatic heterocycles. The number of hydrogen-bond acceptors (Lipinski definition) is 4. The summed E-state index contributed by atoms with van der Waals surface area (Å²) in [6.07, 6.45) is 2.77. The molecule has 0 spiro atoms. The lowest BCUT2D eigenvalue weighted by atomic mass is 10.3. The standard InChI is InChI=1S/C7H6N2O3/c10-6-1-7(11)9-5-2-8-12-3-4(5)6/h1-3,8,10H,(H,9,11). The number of hydroxylamine groups is 1. The fraction of sp³-hybridized carbons (Fsp3) is 0. The molecule has 0 saturated heterocycles. The Kier molecular flexibility index (Phi) is 1.30. The highest BCUT2D eigenvalue weighted by molar-refractivity contribution is 5.34. The summed E-state index contributed by atoms with van der Waals surface area (Å²) in [7, 11) is 0. The van der Waals surface area contributed by atoms with Crippen molar-refractivity contribution in [3.05, 3.63) is 27.0 Å². The zero-order chi connectivity index (χ0) is 8.55. The Morgan fingerprint density at radius 3 is 3.17 bits per heavy atom. The van der Waals surface area contributed by atoms with E-state index < -0.39 is 0 Å². The van der Waals surface area contributed by atoms with E-state index in [2.05, 4.69) is 10.5 Å². The molecule has 0 aromatic carbocycles. The van der Waals surface area contributed by atoms with Crippen molar-refractivity contribution in [3.8, 4) is 5.75 Å². The van der Waals surface area contributed by atoms with Gasteiger partial charge in [0.05, 0.1) is 16.8 Å². The number of fused-ring (bicyclic) bond motifs is 1. The van der Waals surface area contributed by atoms with Gasteiger partial charge in [0, 0.05) is 6.07 Å². The topological polar surface area (TPSA) is 74.3 Å². The number of aromatic nitrogens is 1. The Labute approximate surface area is 66.6 Å². The van der Waals surface area contributed by atoms with Gasteiger partial charge < -0.3 is 14.9 Å². The number of nitrogens with one attached hydrogen (secondary N) is 2. The number of aromatic amines is 1. The van der Waals surface area contributed by atoms with Crippen LogP contribution in [0.4, 0.5) is 0 Å². The molecule has 0 atom stereocenters. The molecule has 0 unspecified atom stereocenters. The quantitative estimate of drug-likeness (QED) is 0.420. The molecule has 1 aromatic rings. The molecule has 1 aliphatic rings. The third-order valence-electron chi connectivity index (χ3n) is 1.54. The second kappa shape index (κ2) is 2.30. The van der Waals surface area contributed by atoms with Gasteiger partial charge in [0.25, 0.3) is 5.56 Å². The number of aromatic hydroxyl groups is 1. The van der Waals surface area contributed by atoms with E-state index in [0.29, 0.717) is 10.6 Å². The van der Waals surface area contributed by atoms with Gasteiger partial charge in [0.15, 0.2) is 0 Å². The van der Waals surface area contributed by atoms with Crippen LogP contribution in [0.15, 0.2) is 10.9 Å². The first-order valence-electron chi connectivity index (χ1n) is 3.31. The van der Waals surface area contributed by atoms with Crippen LogP contribution in [0.25, 0.3) is 12.5 Å². The molecule has 5 heteroatoms. The van der Waals surface area contributed by atoms with E-state index in [9.17, 15) is 9.90 Å². The smallest absolute Gasteiger partial charge is 0.252 e. The Morgan fingerprint density at radius 1 is 1.50 bits per heavy atom. The molecule has 0 aliphatic carbocycles. The molecule has 0 bridgehead atoms. The average molecular weight is 166 g/mol. The molecule has 2 rings (SSSR count). The minimum Gasteiger partial charge on any atom is -0.507 e.